The SMILES string of the molecule is COCCNc1nc(C2(c3ccccc3)CCN(C(=O)c3cnco3)CC2)cs1.O=CO. The maximum absolute atomic E-state index is 12.7. The van der Waals surface area contributed by atoms with Gasteiger partial charge in [0.2, 0.25) is 5.76 Å². The van der Waals surface area contributed by atoms with E-state index in [9.17, 15) is 4.79 Å². The van der Waals surface area contributed by atoms with Crippen LogP contribution in [0.15, 0.2) is 52.7 Å². The molecular weight excluding hydrogens is 432 g/mol. The van der Waals surface area contributed by atoms with Crippen LogP contribution in [0.5, 0.6) is 0 Å². The summed E-state index contributed by atoms with van der Waals surface area (Å²) in [6.45, 7) is 2.38. The highest BCUT2D eigenvalue weighted by Crippen LogP contribution is 2.42. The van der Waals surface area contributed by atoms with Crippen LogP contribution in [0.3, 0.4) is 0 Å². The number of thiazole rings is 1. The van der Waals surface area contributed by atoms with Gasteiger partial charge in [-0.15, -0.1) is 11.3 Å². The van der Waals surface area contributed by atoms with Crippen LogP contribution in [0, 0.1) is 0 Å². The lowest BCUT2D eigenvalue weighted by molar-refractivity contribution is -0.122. The molecule has 0 saturated carbocycles. The van der Waals surface area contributed by atoms with Crippen LogP contribution in [-0.4, -0.2) is 65.7 Å². The lowest BCUT2D eigenvalue weighted by Crippen LogP contribution is -2.45. The third kappa shape index (κ3) is 5.32. The highest BCUT2D eigenvalue weighted by atomic mass is 32.1. The molecule has 2 aromatic heterocycles. The molecule has 1 aromatic carbocycles. The first kappa shape index (κ1) is 23.4. The normalized spacial score (nSPS) is 14.8. The third-order valence-electron chi connectivity index (χ3n) is 5.45. The smallest absolute Gasteiger partial charge is 0.291 e. The Balaban J connectivity index is 0.000000913. The number of carbonyl (C=O) groups excluding carboxylic acids is 1. The van der Waals surface area contributed by atoms with E-state index in [0.29, 0.717) is 19.7 Å². The van der Waals surface area contributed by atoms with Crippen molar-refractivity contribution in [1.82, 2.24) is 14.9 Å². The number of anilines is 1. The second-order valence-electron chi connectivity index (χ2n) is 7.17. The average molecular weight is 459 g/mol. The molecular formula is C22H26N4O5S. The first-order valence-electron chi connectivity index (χ1n) is 10.1. The number of methoxy groups -OCH3 is 1. The number of oxazole rings is 1. The van der Waals surface area contributed by atoms with Crippen molar-refractivity contribution in [3.63, 3.8) is 0 Å². The zero-order chi connectivity index (χ0) is 22.8. The number of carboxylic acid groups (broad SMARTS) is 1. The lowest BCUT2D eigenvalue weighted by atomic mass is 9.70. The number of benzene rings is 1. The molecule has 1 fully saturated rings. The van der Waals surface area contributed by atoms with E-state index in [1.807, 2.05) is 11.0 Å². The number of hydrogen-bond donors (Lipinski definition) is 2. The predicted octanol–water partition coefficient (Wildman–Crippen LogP) is 3.11. The first-order valence-corrected chi connectivity index (χ1v) is 11.0. The summed E-state index contributed by atoms with van der Waals surface area (Å²) >= 11 is 1.61. The molecule has 0 atom stereocenters. The number of amides is 1. The van der Waals surface area contributed by atoms with E-state index in [-0.39, 0.29) is 23.6 Å². The van der Waals surface area contributed by atoms with Gasteiger partial charge in [-0.2, -0.15) is 0 Å². The van der Waals surface area contributed by atoms with Gasteiger partial charge >= 0.3 is 0 Å². The molecule has 170 valence electrons. The van der Waals surface area contributed by atoms with Crippen molar-refractivity contribution in [2.75, 3.05) is 38.7 Å². The van der Waals surface area contributed by atoms with Gasteiger partial charge in [-0.05, 0) is 18.4 Å². The van der Waals surface area contributed by atoms with E-state index >= 15 is 0 Å². The number of ether oxygens (including phenoxy) is 1. The highest BCUT2D eigenvalue weighted by Gasteiger charge is 2.41. The summed E-state index contributed by atoms with van der Waals surface area (Å²) in [5, 5.41) is 13.2. The van der Waals surface area contributed by atoms with Crippen LogP contribution < -0.4 is 5.32 Å². The summed E-state index contributed by atoms with van der Waals surface area (Å²) in [4.78, 5) is 31.6. The minimum Gasteiger partial charge on any atom is -0.483 e. The van der Waals surface area contributed by atoms with Gasteiger partial charge in [0.05, 0.1) is 18.5 Å². The summed E-state index contributed by atoms with van der Waals surface area (Å²) in [5.74, 6) is 0.180. The van der Waals surface area contributed by atoms with Crippen molar-refractivity contribution in [2.45, 2.75) is 18.3 Å². The topological polar surface area (TPSA) is 118 Å². The van der Waals surface area contributed by atoms with E-state index in [1.165, 1.54) is 18.2 Å². The number of hydrogen-bond acceptors (Lipinski definition) is 8. The number of piperidine rings is 1. The van der Waals surface area contributed by atoms with Gasteiger partial charge in [-0.1, -0.05) is 30.3 Å². The average Bonchev–Trinajstić information content (AvgIpc) is 3.53. The van der Waals surface area contributed by atoms with Gasteiger partial charge in [-0.3, -0.25) is 9.59 Å². The Bertz CT molecular complexity index is 969. The van der Waals surface area contributed by atoms with Crippen LogP contribution in [0.25, 0.3) is 0 Å². The second-order valence-corrected chi connectivity index (χ2v) is 8.03. The number of carbonyl (C=O) groups is 2. The summed E-state index contributed by atoms with van der Waals surface area (Å²) in [5.41, 5.74) is 2.08. The van der Waals surface area contributed by atoms with E-state index < -0.39 is 0 Å². The molecule has 4 rings (SSSR count). The number of nitrogens with zero attached hydrogens (tertiary/aromatic N) is 3. The zero-order valence-corrected chi connectivity index (χ0v) is 18.6. The molecule has 1 saturated heterocycles. The fourth-order valence-corrected chi connectivity index (χ4v) is 4.69. The van der Waals surface area contributed by atoms with Gasteiger partial charge in [0, 0.05) is 37.5 Å². The Hall–Kier alpha value is -3.24. The Labute approximate surface area is 190 Å². The van der Waals surface area contributed by atoms with E-state index in [1.54, 1.807) is 18.4 Å². The molecule has 3 heterocycles. The predicted molar refractivity (Wildman–Crippen MR) is 120 cm³/mol. The fraction of sp³-hybridized carbons (Fsp3) is 0.364. The molecule has 32 heavy (non-hydrogen) atoms. The largest absolute Gasteiger partial charge is 0.483 e. The molecule has 0 unspecified atom stereocenters. The Kier molecular flexibility index (Phi) is 8.34. The molecule has 0 aliphatic carbocycles. The van der Waals surface area contributed by atoms with Crippen LogP contribution >= 0.6 is 11.3 Å². The van der Waals surface area contributed by atoms with Crippen LogP contribution in [-0.2, 0) is 14.9 Å². The minimum absolute atomic E-state index is 0.107. The second kappa shape index (κ2) is 11.4. The minimum atomic E-state index is -0.250. The van der Waals surface area contributed by atoms with Gasteiger partial charge in [0.1, 0.15) is 0 Å². The zero-order valence-electron chi connectivity index (χ0n) is 17.8. The van der Waals surface area contributed by atoms with Crippen molar-refractivity contribution in [1.29, 1.82) is 0 Å². The maximum atomic E-state index is 12.7. The monoisotopic (exact) mass is 458 g/mol. The molecule has 0 bridgehead atoms. The molecule has 0 spiro atoms. The Morgan fingerprint density at radius 2 is 2.06 bits per heavy atom. The van der Waals surface area contributed by atoms with Crippen molar-refractivity contribution in [3.05, 3.63) is 65.3 Å². The van der Waals surface area contributed by atoms with Crippen LogP contribution in [0.4, 0.5) is 5.13 Å². The molecule has 3 aromatic rings. The number of nitrogens with one attached hydrogen (secondary N) is 1. The van der Waals surface area contributed by atoms with Crippen molar-refractivity contribution >= 4 is 28.8 Å². The van der Waals surface area contributed by atoms with Gasteiger partial charge in [0.25, 0.3) is 12.4 Å². The summed E-state index contributed by atoms with van der Waals surface area (Å²) in [7, 11) is 1.69. The fourth-order valence-electron chi connectivity index (χ4n) is 3.85. The van der Waals surface area contributed by atoms with Crippen LogP contribution in [0.2, 0.25) is 0 Å². The van der Waals surface area contributed by atoms with Gasteiger partial charge < -0.3 is 24.5 Å². The van der Waals surface area contributed by atoms with E-state index in [2.05, 4.69) is 39.9 Å². The lowest BCUT2D eigenvalue weighted by Gasteiger charge is -2.41. The van der Waals surface area contributed by atoms with E-state index in [0.717, 1.165) is 30.2 Å². The standard InChI is InChI=1S/C21H24N4O3S.CH2O2/c1-27-12-9-23-20-24-18(14-29-20)21(16-5-3-2-4-6-16)7-10-25(11-8-21)19(26)17-13-22-15-28-17;2-1-3/h2-6,13-15H,7-12H2,1H3,(H,23,24);1H,(H,2,3). The number of aromatic nitrogens is 2. The quantitative estimate of drug-likeness (QED) is 0.410. The molecule has 9 nitrogen and oxygen atoms in total. The molecule has 1 amide bonds. The van der Waals surface area contributed by atoms with Crippen molar-refractivity contribution in [2.24, 2.45) is 0 Å². The van der Waals surface area contributed by atoms with E-state index in [4.69, 9.17) is 24.0 Å². The molecule has 10 heteroatoms. The number of likely N-dealkylation sites (tertiary alicyclic amines) is 1. The summed E-state index contributed by atoms with van der Waals surface area (Å²) < 4.78 is 10.3. The first-order chi connectivity index (χ1) is 15.6. The number of rotatable bonds is 7. The van der Waals surface area contributed by atoms with Crippen LogP contribution in [0.1, 0.15) is 34.7 Å². The molecule has 1 aliphatic rings. The maximum Gasteiger partial charge on any atom is 0.291 e. The highest BCUT2D eigenvalue weighted by molar-refractivity contribution is 7.13. The Morgan fingerprint density at radius 3 is 2.69 bits per heavy atom. The van der Waals surface area contributed by atoms with Crippen molar-refractivity contribution in [3.8, 4) is 0 Å². The summed E-state index contributed by atoms with van der Waals surface area (Å²) in [6.07, 6.45) is 4.37. The molecule has 1 aliphatic heterocycles. The summed E-state index contributed by atoms with van der Waals surface area (Å²) in [6, 6.07) is 10.5. The van der Waals surface area contributed by atoms with Crippen molar-refractivity contribution < 1.29 is 23.8 Å². The Morgan fingerprint density at radius 1 is 1.34 bits per heavy atom. The molecule has 2 N–H and O–H groups in total. The molecule has 0 radical (unpaired) electrons. The van der Waals surface area contributed by atoms with Gasteiger partial charge in [-0.25, -0.2) is 9.97 Å². The van der Waals surface area contributed by atoms with Gasteiger partial charge in [0.15, 0.2) is 11.5 Å². The third-order valence-corrected chi connectivity index (χ3v) is 6.25.